The predicted octanol–water partition coefficient (Wildman–Crippen LogP) is 3.36. The van der Waals surface area contributed by atoms with Gasteiger partial charge in [0.2, 0.25) is 0 Å². The van der Waals surface area contributed by atoms with Gasteiger partial charge in [0.1, 0.15) is 0 Å². The van der Waals surface area contributed by atoms with Crippen molar-refractivity contribution in [1.29, 1.82) is 0 Å². The Hall–Kier alpha value is -0.890. The number of imidazole rings is 1. The van der Waals surface area contributed by atoms with Crippen LogP contribution in [0.25, 0.3) is 4.96 Å². The van der Waals surface area contributed by atoms with Gasteiger partial charge in [0, 0.05) is 31.6 Å². The molecular formula is C13H15BrN4S2. The number of nitrogens with two attached hydrogens (primary N) is 1. The van der Waals surface area contributed by atoms with Crippen molar-refractivity contribution in [1.82, 2.24) is 9.38 Å². The summed E-state index contributed by atoms with van der Waals surface area (Å²) in [7, 11) is 2.08. The minimum atomic E-state index is 0.633. The lowest BCUT2D eigenvalue weighted by Crippen LogP contribution is -2.19. The molecular weight excluding hydrogens is 356 g/mol. The Balaban J connectivity index is 1.91. The van der Waals surface area contributed by atoms with Crippen LogP contribution in [0, 0.1) is 0 Å². The van der Waals surface area contributed by atoms with Crippen molar-refractivity contribution >= 4 is 49.4 Å². The summed E-state index contributed by atoms with van der Waals surface area (Å²) in [5.41, 5.74) is 8.23. The van der Waals surface area contributed by atoms with Crippen LogP contribution in [0.3, 0.4) is 0 Å². The minimum Gasteiger partial charge on any atom is -0.354 e. The fourth-order valence-electron chi connectivity index (χ4n) is 2.27. The molecule has 0 amide bonds. The number of hydrogen-bond donors (Lipinski definition) is 1. The van der Waals surface area contributed by atoms with Crippen molar-refractivity contribution in [2.45, 2.75) is 13.0 Å². The Kier molecular flexibility index (Phi) is 4.11. The fraction of sp³-hybridized carbons (Fsp3) is 0.308. The van der Waals surface area contributed by atoms with Crippen LogP contribution < -0.4 is 10.6 Å². The largest absolute Gasteiger partial charge is 0.354 e. The Labute approximate surface area is 134 Å². The Bertz CT molecular complexity index is 715. The molecule has 20 heavy (non-hydrogen) atoms. The molecule has 0 saturated heterocycles. The third-order valence-corrected chi connectivity index (χ3v) is 5.43. The second-order valence-electron chi connectivity index (χ2n) is 4.59. The van der Waals surface area contributed by atoms with Crippen LogP contribution in [0.4, 0.5) is 5.82 Å². The summed E-state index contributed by atoms with van der Waals surface area (Å²) in [6, 6.07) is 2.15. The number of nitrogens with zero attached hydrogens (tertiary/aromatic N) is 3. The molecule has 3 rings (SSSR count). The normalized spacial score (nSPS) is 11.3. The lowest BCUT2D eigenvalue weighted by atomic mass is 10.2. The highest BCUT2D eigenvalue weighted by atomic mass is 79.9. The molecule has 3 aromatic rings. The van der Waals surface area contributed by atoms with Crippen molar-refractivity contribution in [3.8, 4) is 0 Å². The maximum atomic E-state index is 5.74. The van der Waals surface area contributed by atoms with Gasteiger partial charge in [0.25, 0.3) is 0 Å². The molecule has 0 aliphatic carbocycles. The van der Waals surface area contributed by atoms with Crippen molar-refractivity contribution < 1.29 is 0 Å². The van der Waals surface area contributed by atoms with Crippen LogP contribution >= 0.6 is 38.6 Å². The highest BCUT2D eigenvalue weighted by molar-refractivity contribution is 9.11. The standard InChI is InChI=1S/C13H15BrN4S2/c1-17(7-9-6-11(14)20-8-9)12-10(2-3-15)18-4-5-19-13(18)16-12/h4-6,8H,2-3,7,15H2,1H3. The number of thiophene rings is 1. The number of fused-ring (bicyclic) bond motifs is 1. The van der Waals surface area contributed by atoms with Gasteiger partial charge >= 0.3 is 0 Å². The van der Waals surface area contributed by atoms with Crippen LogP contribution in [-0.2, 0) is 13.0 Å². The van der Waals surface area contributed by atoms with Gasteiger partial charge in [-0.2, -0.15) is 0 Å². The zero-order valence-corrected chi connectivity index (χ0v) is 14.3. The predicted molar refractivity (Wildman–Crippen MR) is 90.0 cm³/mol. The van der Waals surface area contributed by atoms with Gasteiger partial charge < -0.3 is 10.6 Å². The number of rotatable bonds is 5. The molecule has 0 atom stereocenters. The summed E-state index contributed by atoms with van der Waals surface area (Å²) < 4.78 is 3.31. The van der Waals surface area contributed by atoms with E-state index in [0.717, 1.165) is 27.5 Å². The molecule has 7 heteroatoms. The Morgan fingerprint density at radius 3 is 3.00 bits per heavy atom. The van der Waals surface area contributed by atoms with Crippen LogP contribution in [-0.4, -0.2) is 23.0 Å². The molecule has 0 aliphatic heterocycles. The minimum absolute atomic E-state index is 0.633. The first-order valence-corrected chi connectivity index (χ1v) is 8.83. The molecule has 2 N–H and O–H groups in total. The SMILES string of the molecule is CN(Cc1csc(Br)c1)c1nc2sccn2c1CCN. The van der Waals surface area contributed by atoms with E-state index in [-0.39, 0.29) is 0 Å². The van der Waals surface area contributed by atoms with Gasteiger partial charge in [-0.1, -0.05) is 0 Å². The molecule has 0 aromatic carbocycles. The van der Waals surface area contributed by atoms with Crippen LogP contribution in [0.1, 0.15) is 11.3 Å². The summed E-state index contributed by atoms with van der Waals surface area (Å²) in [6.07, 6.45) is 2.90. The maximum absolute atomic E-state index is 5.74. The molecule has 0 unspecified atom stereocenters. The second kappa shape index (κ2) is 5.85. The monoisotopic (exact) mass is 370 g/mol. The molecule has 3 heterocycles. The smallest absolute Gasteiger partial charge is 0.195 e. The fourth-order valence-corrected chi connectivity index (χ4v) is 4.20. The summed E-state index contributed by atoms with van der Waals surface area (Å²) in [6.45, 7) is 1.49. The molecule has 0 fully saturated rings. The highest BCUT2D eigenvalue weighted by Gasteiger charge is 2.16. The van der Waals surface area contributed by atoms with Crippen molar-refractivity contribution in [3.63, 3.8) is 0 Å². The maximum Gasteiger partial charge on any atom is 0.195 e. The lowest BCUT2D eigenvalue weighted by Gasteiger charge is -2.17. The highest BCUT2D eigenvalue weighted by Crippen LogP contribution is 2.27. The average Bonchev–Trinajstić information content (AvgIpc) is 3.08. The van der Waals surface area contributed by atoms with E-state index in [4.69, 9.17) is 10.7 Å². The van der Waals surface area contributed by atoms with Crippen molar-refractivity contribution in [3.05, 3.63) is 38.1 Å². The molecule has 0 bridgehead atoms. The van der Waals surface area contributed by atoms with Crippen LogP contribution in [0.15, 0.2) is 26.8 Å². The first-order chi connectivity index (χ1) is 9.69. The molecule has 0 spiro atoms. The van der Waals surface area contributed by atoms with E-state index in [1.807, 2.05) is 0 Å². The molecule has 0 saturated carbocycles. The zero-order valence-electron chi connectivity index (χ0n) is 11.0. The van der Waals surface area contributed by atoms with E-state index >= 15 is 0 Å². The number of hydrogen-bond acceptors (Lipinski definition) is 5. The molecule has 3 aromatic heterocycles. The van der Waals surface area contributed by atoms with Gasteiger partial charge in [0.15, 0.2) is 10.8 Å². The zero-order chi connectivity index (χ0) is 14.1. The number of thiazole rings is 1. The number of halogens is 1. The first-order valence-electron chi connectivity index (χ1n) is 6.27. The molecule has 0 aliphatic rings. The third kappa shape index (κ3) is 2.63. The third-order valence-electron chi connectivity index (χ3n) is 3.12. The molecule has 106 valence electrons. The van der Waals surface area contributed by atoms with E-state index < -0.39 is 0 Å². The number of anilines is 1. The van der Waals surface area contributed by atoms with Crippen LogP contribution in [0.2, 0.25) is 0 Å². The van der Waals surface area contributed by atoms with Crippen molar-refractivity contribution in [2.75, 3.05) is 18.5 Å². The van der Waals surface area contributed by atoms with Gasteiger partial charge in [-0.25, -0.2) is 4.98 Å². The molecule has 4 nitrogen and oxygen atoms in total. The van der Waals surface area contributed by atoms with E-state index in [0.29, 0.717) is 6.54 Å². The van der Waals surface area contributed by atoms with Gasteiger partial charge in [-0.05, 0) is 39.5 Å². The van der Waals surface area contributed by atoms with Crippen LogP contribution in [0.5, 0.6) is 0 Å². The Morgan fingerprint density at radius 1 is 1.45 bits per heavy atom. The summed E-state index contributed by atoms with van der Waals surface area (Å²) >= 11 is 6.87. The quantitative estimate of drug-likeness (QED) is 0.748. The van der Waals surface area contributed by atoms with Gasteiger partial charge in [0.05, 0.1) is 9.48 Å². The topological polar surface area (TPSA) is 46.6 Å². The lowest BCUT2D eigenvalue weighted by molar-refractivity contribution is 0.860. The number of aromatic nitrogens is 2. The summed E-state index contributed by atoms with van der Waals surface area (Å²) in [5, 5.41) is 4.23. The van der Waals surface area contributed by atoms with E-state index in [2.05, 4.69) is 55.3 Å². The second-order valence-corrected chi connectivity index (χ2v) is 7.75. The summed E-state index contributed by atoms with van der Waals surface area (Å²) in [5.74, 6) is 1.03. The Morgan fingerprint density at radius 2 is 2.30 bits per heavy atom. The first kappa shape index (κ1) is 14.1. The van der Waals surface area contributed by atoms with E-state index in [1.165, 1.54) is 11.3 Å². The summed E-state index contributed by atoms with van der Waals surface area (Å²) in [4.78, 5) is 7.96. The van der Waals surface area contributed by atoms with Crippen molar-refractivity contribution in [2.24, 2.45) is 5.73 Å². The average molecular weight is 371 g/mol. The van der Waals surface area contributed by atoms with E-state index in [9.17, 15) is 0 Å². The van der Waals surface area contributed by atoms with Gasteiger partial charge in [-0.3, -0.25) is 4.40 Å². The van der Waals surface area contributed by atoms with E-state index in [1.54, 1.807) is 22.7 Å². The molecule has 0 radical (unpaired) electrons. The van der Waals surface area contributed by atoms with Gasteiger partial charge in [-0.15, -0.1) is 22.7 Å².